The number of rotatable bonds is 7. The van der Waals surface area contributed by atoms with Gasteiger partial charge in [0, 0.05) is 6.54 Å². The summed E-state index contributed by atoms with van der Waals surface area (Å²) in [6.07, 6.45) is 6.99. The number of carbonyl (C=O) groups is 1. The molecule has 1 aromatic rings. The summed E-state index contributed by atoms with van der Waals surface area (Å²) in [7, 11) is 0. The first kappa shape index (κ1) is 16.9. The first-order valence-electron chi connectivity index (χ1n) is 8.47. The highest BCUT2D eigenvalue weighted by molar-refractivity contribution is 5.67. The maximum absolute atomic E-state index is 11.5. The van der Waals surface area contributed by atoms with E-state index in [1.54, 1.807) is 0 Å². The fraction of sp³-hybridized carbons (Fsp3) is 0.632. The van der Waals surface area contributed by atoms with Gasteiger partial charge in [0.05, 0.1) is 0 Å². The molecule has 1 amide bonds. The SMILES string of the molecule is CC(C)(C)OC(=O)NCCCc1cccc(CCC2CC2)c1. The fourth-order valence-corrected chi connectivity index (χ4v) is 2.52. The van der Waals surface area contributed by atoms with Gasteiger partial charge in [-0.2, -0.15) is 0 Å². The standard InChI is InChI=1S/C19H29NO2/c1-19(2,3)22-18(21)20-13-5-8-16-6-4-7-17(14-16)12-11-15-9-10-15/h4,6-7,14-15H,5,8-13H2,1-3H3,(H,20,21). The highest BCUT2D eigenvalue weighted by Crippen LogP contribution is 2.33. The van der Waals surface area contributed by atoms with Crippen LogP contribution in [0.2, 0.25) is 0 Å². The molecule has 3 heteroatoms. The third-order valence-electron chi connectivity index (χ3n) is 3.84. The van der Waals surface area contributed by atoms with Gasteiger partial charge in [-0.15, -0.1) is 0 Å². The number of carbonyl (C=O) groups excluding carboxylic acids is 1. The second-order valence-corrected chi connectivity index (χ2v) is 7.33. The molecule has 1 N–H and O–H groups in total. The van der Waals surface area contributed by atoms with Gasteiger partial charge in [-0.1, -0.05) is 37.1 Å². The van der Waals surface area contributed by atoms with Crippen LogP contribution in [0.4, 0.5) is 4.79 Å². The Morgan fingerprint density at radius 3 is 2.55 bits per heavy atom. The maximum atomic E-state index is 11.5. The third kappa shape index (κ3) is 6.97. The van der Waals surface area contributed by atoms with E-state index in [1.807, 2.05) is 20.8 Å². The molecule has 1 aliphatic carbocycles. The zero-order valence-electron chi connectivity index (χ0n) is 14.2. The molecule has 1 saturated carbocycles. The molecule has 0 aliphatic heterocycles. The molecular formula is C19H29NO2. The summed E-state index contributed by atoms with van der Waals surface area (Å²) in [6, 6.07) is 8.87. The number of aryl methyl sites for hydroxylation is 2. The van der Waals surface area contributed by atoms with Crippen LogP contribution in [0.5, 0.6) is 0 Å². The Hall–Kier alpha value is -1.51. The molecule has 1 aliphatic rings. The molecule has 2 rings (SSSR count). The molecule has 0 radical (unpaired) electrons. The van der Waals surface area contributed by atoms with Gasteiger partial charge in [0.2, 0.25) is 0 Å². The predicted molar refractivity (Wildman–Crippen MR) is 90.0 cm³/mol. The van der Waals surface area contributed by atoms with Crippen LogP contribution >= 0.6 is 0 Å². The van der Waals surface area contributed by atoms with Crippen molar-refractivity contribution in [2.75, 3.05) is 6.54 Å². The Kier molecular flexibility index (Phi) is 5.87. The van der Waals surface area contributed by atoms with Crippen LogP contribution in [0.3, 0.4) is 0 Å². The number of hydrogen-bond acceptors (Lipinski definition) is 2. The van der Waals surface area contributed by atoms with Crippen LogP contribution in [-0.2, 0) is 17.6 Å². The van der Waals surface area contributed by atoms with Crippen molar-refractivity contribution >= 4 is 6.09 Å². The maximum Gasteiger partial charge on any atom is 0.407 e. The van der Waals surface area contributed by atoms with Crippen molar-refractivity contribution in [3.63, 3.8) is 0 Å². The first-order chi connectivity index (χ1) is 10.4. The van der Waals surface area contributed by atoms with E-state index < -0.39 is 5.60 Å². The average molecular weight is 303 g/mol. The van der Waals surface area contributed by atoms with Gasteiger partial charge in [-0.3, -0.25) is 0 Å². The normalized spacial score (nSPS) is 14.7. The van der Waals surface area contributed by atoms with Gasteiger partial charge >= 0.3 is 6.09 Å². The molecule has 1 fully saturated rings. The number of hydrogen-bond donors (Lipinski definition) is 1. The van der Waals surface area contributed by atoms with Crippen molar-refractivity contribution in [1.29, 1.82) is 0 Å². The summed E-state index contributed by atoms with van der Waals surface area (Å²) in [5.41, 5.74) is 2.38. The van der Waals surface area contributed by atoms with E-state index >= 15 is 0 Å². The van der Waals surface area contributed by atoms with E-state index in [9.17, 15) is 4.79 Å². The third-order valence-corrected chi connectivity index (χ3v) is 3.84. The summed E-state index contributed by atoms with van der Waals surface area (Å²) in [5.74, 6) is 0.988. The van der Waals surface area contributed by atoms with Gasteiger partial charge < -0.3 is 10.1 Å². The molecule has 0 spiro atoms. The minimum Gasteiger partial charge on any atom is -0.444 e. The highest BCUT2D eigenvalue weighted by atomic mass is 16.6. The second-order valence-electron chi connectivity index (χ2n) is 7.33. The van der Waals surface area contributed by atoms with Crippen LogP contribution in [0.1, 0.15) is 57.6 Å². The molecule has 0 aromatic heterocycles. The Labute approximate surface area is 134 Å². The quantitative estimate of drug-likeness (QED) is 0.754. The van der Waals surface area contributed by atoms with Crippen LogP contribution in [-0.4, -0.2) is 18.2 Å². The minimum absolute atomic E-state index is 0.328. The zero-order chi connectivity index (χ0) is 16.0. The number of amides is 1. The summed E-state index contributed by atoms with van der Waals surface area (Å²) in [6.45, 7) is 6.28. The lowest BCUT2D eigenvalue weighted by Gasteiger charge is -2.19. The van der Waals surface area contributed by atoms with Crippen molar-refractivity contribution in [2.24, 2.45) is 5.92 Å². The smallest absolute Gasteiger partial charge is 0.407 e. The second kappa shape index (κ2) is 7.66. The monoisotopic (exact) mass is 303 g/mol. The summed E-state index contributed by atoms with van der Waals surface area (Å²) < 4.78 is 5.22. The van der Waals surface area contributed by atoms with Gasteiger partial charge in [0.25, 0.3) is 0 Å². The topological polar surface area (TPSA) is 38.3 Å². The fourth-order valence-electron chi connectivity index (χ4n) is 2.52. The summed E-state index contributed by atoms with van der Waals surface area (Å²) >= 11 is 0. The van der Waals surface area contributed by atoms with Crippen molar-refractivity contribution in [2.45, 2.75) is 64.9 Å². The molecule has 0 atom stereocenters. The Balaban J connectivity index is 1.65. The number of ether oxygens (including phenoxy) is 1. The van der Waals surface area contributed by atoms with E-state index in [1.165, 1.54) is 36.8 Å². The lowest BCUT2D eigenvalue weighted by molar-refractivity contribution is 0.0527. The Morgan fingerprint density at radius 2 is 1.91 bits per heavy atom. The van der Waals surface area contributed by atoms with Crippen molar-refractivity contribution in [3.05, 3.63) is 35.4 Å². The number of benzene rings is 1. The molecule has 0 heterocycles. The van der Waals surface area contributed by atoms with Crippen LogP contribution < -0.4 is 5.32 Å². The molecule has 1 aromatic carbocycles. The first-order valence-corrected chi connectivity index (χ1v) is 8.47. The van der Waals surface area contributed by atoms with Gasteiger partial charge in [-0.05, 0) is 63.5 Å². The molecule has 0 unspecified atom stereocenters. The zero-order valence-corrected chi connectivity index (χ0v) is 14.2. The molecule has 22 heavy (non-hydrogen) atoms. The van der Waals surface area contributed by atoms with Crippen LogP contribution in [0, 0.1) is 5.92 Å². The summed E-state index contributed by atoms with van der Waals surface area (Å²) in [4.78, 5) is 11.5. The lowest BCUT2D eigenvalue weighted by atomic mass is 10.0. The van der Waals surface area contributed by atoms with Crippen molar-refractivity contribution in [1.82, 2.24) is 5.32 Å². The van der Waals surface area contributed by atoms with E-state index in [0.29, 0.717) is 6.54 Å². The average Bonchev–Trinajstić information content (AvgIpc) is 3.24. The Bertz CT molecular complexity index is 486. The number of nitrogens with one attached hydrogen (secondary N) is 1. The van der Waals surface area contributed by atoms with Crippen molar-refractivity contribution in [3.8, 4) is 0 Å². The van der Waals surface area contributed by atoms with Crippen molar-refractivity contribution < 1.29 is 9.53 Å². The van der Waals surface area contributed by atoms with E-state index in [4.69, 9.17) is 4.74 Å². The van der Waals surface area contributed by atoms with E-state index in [-0.39, 0.29) is 6.09 Å². The largest absolute Gasteiger partial charge is 0.444 e. The van der Waals surface area contributed by atoms with E-state index in [2.05, 4.69) is 29.6 Å². The predicted octanol–water partition coefficient (Wildman–Crippen LogP) is 4.49. The molecule has 122 valence electrons. The van der Waals surface area contributed by atoms with Gasteiger partial charge in [0.15, 0.2) is 0 Å². The Morgan fingerprint density at radius 1 is 1.23 bits per heavy atom. The molecule has 3 nitrogen and oxygen atoms in total. The molecule has 0 saturated heterocycles. The lowest BCUT2D eigenvalue weighted by Crippen LogP contribution is -2.33. The molecule has 0 bridgehead atoms. The van der Waals surface area contributed by atoms with Crippen LogP contribution in [0.15, 0.2) is 24.3 Å². The van der Waals surface area contributed by atoms with Crippen LogP contribution in [0.25, 0.3) is 0 Å². The number of alkyl carbamates (subject to hydrolysis) is 1. The minimum atomic E-state index is -0.431. The van der Waals surface area contributed by atoms with Gasteiger partial charge in [0.1, 0.15) is 5.60 Å². The highest BCUT2D eigenvalue weighted by Gasteiger charge is 2.20. The van der Waals surface area contributed by atoms with Gasteiger partial charge in [-0.25, -0.2) is 4.79 Å². The summed E-state index contributed by atoms with van der Waals surface area (Å²) in [5, 5.41) is 2.81. The molecular weight excluding hydrogens is 274 g/mol. The van der Waals surface area contributed by atoms with E-state index in [0.717, 1.165) is 18.8 Å².